The Morgan fingerprint density at radius 1 is 1.37 bits per heavy atom. The number of piperidine rings is 1. The maximum absolute atomic E-state index is 12.2. The lowest BCUT2D eigenvalue weighted by atomic mass is 9.94. The molecule has 106 valence electrons. The number of halogens is 1. The molecule has 1 aliphatic heterocycles. The topological polar surface area (TPSA) is 32.3 Å². The van der Waals surface area contributed by atoms with Crippen molar-refractivity contribution in [3.63, 3.8) is 0 Å². The molecule has 0 aromatic heterocycles. The Hall–Kier alpha value is -1.06. The molecule has 1 N–H and O–H groups in total. The maximum atomic E-state index is 12.2. The molecular weight excluding hydrogens is 260 g/mol. The van der Waals surface area contributed by atoms with Crippen molar-refractivity contribution in [3.05, 3.63) is 29.8 Å². The minimum absolute atomic E-state index is 0. The predicted molar refractivity (Wildman–Crippen MR) is 82.0 cm³/mol. The third kappa shape index (κ3) is 4.51. The van der Waals surface area contributed by atoms with Crippen LogP contribution in [0.5, 0.6) is 0 Å². The van der Waals surface area contributed by atoms with Crippen molar-refractivity contribution in [2.75, 3.05) is 25.0 Å². The number of benzene rings is 1. The highest BCUT2D eigenvalue weighted by molar-refractivity contribution is 5.93. The molecule has 0 saturated carbocycles. The van der Waals surface area contributed by atoms with Gasteiger partial charge in [-0.15, -0.1) is 12.4 Å². The summed E-state index contributed by atoms with van der Waals surface area (Å²) in [7, 11) is 1.87. The number of nitrogens with one attached hydrogen (secondary N) is 1. The van der Waals surface area contributed by atoms with Gasteiger partial charge < -0.3 is 10.2 Å². The van der Waals surface area contributed by atoms with Gasteiger partial charge in [-0.25, -0.2) is 0 Å². The predicted octanol–water partition coefficient (Wildman–Crippen LogP) is 2.77. The van der Waals surface area contributed by atoms with Crippen molar-refractivity contribution in [3.8, 4) is 0 Å². The van der Waals surface area contributed by atoms with Gasteiger partial charge in [0.25, 0.3) is 0 Å². The van der Waals surface area contributed by atoms with E-state index in [4.69, 9.17) is 0 Å². The van der Waals surface area contributed by atoms with E-state index in [1.165, 1.54) is 5.56 Å². The molecule has 19 heavy (non-hydrogen) atoms. The molecule has 1 aromatic carbocycles. The molecule has 1 aliphatic rings. The van der Waals surface area contributed by atoms with Gasteiger partial charge in [-0.1, -0.05) is 12.1 Å². The fraction of sp³-hybridized carbons (Fsp3) is 0.533. The van der Waals surface area contributed by atoms with E-state index in [-0.39, 0.29) is 18.3 Å². The molecular formula is C15H23ClN2O. The van der Waals surface area contributed by atoms with Crippen LogP contribution >= 0.6 is 12.4 Å². The second-order valence-electron chi connectivity index (χ2n) is 5.19. The van der Waals surface area contributed by atoms with Gasteiger partial charge in [-0.05, 0) is 56.5 Å². The zero-order chi connectivity index (χ0) is 13.0. The molecule has 2 rings (SSSR count). The summed E-state index contributed by atoms with van der Waals surface area (Å²) >= 11 is 0. The lowest BCUT2D eigenvalue weighted by molar-refractivity contribution is -0.119. The minimum atomic E-state index is 0. The summed E-state index contributed by atoms with van der Waals surface area (Å²) in [6.45, 7) is 4.15. The molecule has 1 fully saturated rings. The first-order chi connectivity index (χ1) is 8.66. The molecule has 0 bridgehead atoms. The van der Waals surface area contributed by atoms with E-state index in [2.05, 4.69) is 24.4 Å². The van der Waals surface area contributed by atoms with Crippen LogP contribution < -0.4 is 10.2 Å². The average molecular weight is 283 g/mol. The second kappa shape index (κ2) is 7.51. The van der Waals surface area contributed by atoms with Crippen molar-refractivity contribution in [1.82, 2.24) is 5.32 Å². The van der Waals surface area contributed by atoms with Gasteiger partial charge in [0.1, 0.15) is 0 Å². The molecule has 1 saturated heterocycles. The molecule has 0 atom stereocenters. The van der Waals surface area contributed by atoms with Crippen molar-refractivity contribution >= 4 is 24.0 Å². The van der Waals surface area contributed by atoms with Crippen LogP contribution in [0.15, 0.2) is 24.3 Å². The third-order valence-corrected chi connectivity index (χ3v) is 3.69. The van der Waals surface area contributed by atoms with Crippen LogP contribution in [0.1, 0.15) is 24.8 Å². The Kier molecular flexibility index (Phi) is 6.32. The van der Waals surface area contributed by atoms with E-state index < -0.39 is 0 Å². The van der Waals surface area contributed by atoms with Crippen LogP contribution in [0.3, 0.4) is 0 Å². The molecule has 1 aromatic rings. The number of hydrogen-bond acceptors (Lipinski definition) is 2. The van der Waals surface area contributed by atoms with Crippen molar-refractivity contribution in [1.29, 1.82) is 0 Å². The summed E-state index contributed by atoms with van der Waals surface area (Å²) in [5, 5.41) is 3.33. The van der Waals surface area contributed by atoms with Crippen LogP contribution in [-0.4, -0.2) is 26.0 Å². The van der Waals surface area contributed by atoms with Crippen LogP contribution in [0.2, 0.25) is 0 Å². The Labute approximate surface area is 121 Å². The number of amides is 1. The Balaban J connectivity index is 0.00000180. The van der Waals surface area contributed by atoms with Gasteiger partial charge in [-0.2, -0.15) is 0 Å². The van der Waals surface area contributed by atoms with Gasteiger partial charge in [0.2, 0.25) is 5.91 Å². The SMILES string of the molecule is Cc1cccc(N(C)C(=O)CC2CCNCC2)c1.Cl. The summed E-state index contributed by atoms with van der Waals surface area (Å²) in [6.07, 6.45) is 2.91. The quantitative estimate of drug-likeness (QED) is 0.925. The first-order valence-corrected chi connectivity index (χ1v) is 6.71. The number of carbonyl (C=O) groups excluding carboxylic acids is 1. The summed E-state index contributed by atoms with van der Waals surface area (Å²) in [5.41, 5.74) is 2.18. The highest BCUT2D eigenvalue weighted by atomic mass is 35.5. The van der Waals surface area contributed by atoms with Gasteiger partial charge in [-0.3, -0.25) is 4.79 Å². The normalized spacial score (nSPS) is 15.7. The van der Waals surface area contributed by atoms with E-state index in [1.807, 2.05) is 19.2 Å². The van der Waals surface area contributed by atoms with E-state index in [0.29, 0.717) is 12.3 Å². The Morgan fingerprint density at radius 3 is 2.68 bits per heavy atom. The highest BCUT2D eigenvalue weighted by Gasteiger charge is 2.19. The van der Waals surface area contributed by atoms with Gasteiger partial charge >= 0.3 is 0 Å². The molecule has 0 radical (unpaired) electrons. The fourth-order valence-corrected chi connectivity index (χ4v) is 2.45. The smallest absolute Gasteiger partial charge is 0.226 e. The van der Waals surface area contributed by atoms with Crippen molar-refractivity contribution in [2.45, 2.75) is 26.2 Å². The van der Waals surface area contributed by atoms with E-state index in [0.717, 1.165) is 31.6 Å². The Morgan fingerprint density at radius 2 is 2.05 bits per heavy atom. The largest absolute Gasteiger partial charge is 0.317 e. The summed E-state index contributed by atoms with van der Waals surface area (Å²) in [4.78, 5) is 14.0. The van der Waals surface area contributed by atoms with Crippen molar-refractivity contribution < 1.29 is 4.79 Å². The van der Waals surface area contributed by atoms with Gasteiger partial charge in [0.05, 0.1) is 0 Å². The fourth-order valence-electron chi connectivity index (χ4n) is 2.45. The summed E-state index contributed by atoms with van der Waals surface area (Å²) < 4.78 is 0. The number of aryl methyl sites for hydroxylation is 1. The van der Waals surface area contributed by atoms with Crippen LogP contribution in [0.25, 0.3) is 0 Å². The Bertz CT molecular complexity index is 416. The lowest BCUT2D eigenvalue weighted by Crippen LogP contribution is -2.33. The van der Waals surface area contributed by atoms with E-state index >= 15 is 0 Å². The zero-order valence-corrected chi connectivity index (χ0v) is 12.5. The number of rotatable bonds is 3. The molecule has 0 spiro atoms. The number of nitrogens with zero attached hydrogens (tertiary/aromatic N) is 1. The molecule has 1 amide bonds. The molecule has 0 unspecified atom stereocenters. The molecule has 1 heterocycles. The highest BCUT2D eigenvalue weighted by Crippen LogP contribution is 2.20. The molecule has 4 heteroatoms. The lowest BCUT2D eigenvalue weighted by Gasteiger charge is -2.25. The molecule has 0 aliphatic carbocycles. The van der Waals surface area contributed by atoms with Crippen LogP contribution in [0.4, 0.5) is 5.69 Å². The summed E-state index contributed by atoms with van der Waals surface area (Å²) in [6, 6.07) is 8.10. The number of carbonyl (C=O) groups is 1. The van der Waals surface area contributed by atoms with Gasteiger partial charge in [0, 0.05) is 19.2 Å². The number of hydrogen-bond donors (Lipinski definition) is 1. The van der Waals surface area contributed by atoms with Crippen LogP contribution in [0, 0.1) is 12.8 Å². The molecule has 3 nitrogen and oxygen atoms in total. The maximum Gasteiger partial charge on any atom is 0.226 e. The van der Waals surface area contributed by atoms with Crippen molar-refractivity contribution in [2.24, 2.45) is 5.92 Å². The first kappa shape index (κ1) is 16.0. The minimum Gasteiger partial charge on any atom is -0.317 e. The second-order valence-corrected chi connectivity index (χ2v) is 5.19. The van der Waals surface area contributed by atoms with E-state index in [1.54, 1.807) is 4.90 Å². The number of anilines is 1. The van der Waals surface area contributed by atoms with Gasteiger partial charge in [0.15, 0.2) is 0 Å². The van der Waals surface area contributed by atoms with Crippen LogP contribution in [-0.2, 0) is 4.79 Å². The zero-order valence-electron chi connectivity index (χ0n) is 11.7. The standard InChI is InChI=1S/C15H22N2O.ClH/c1-12-4-3-5-14(10-12)17(2)15(18)11-13-6-8-16-9-7-13;/h3-5,10,13,16H,6-9,11H2,1-2H3;1H. The third-order valence-electron chi connectivity index (χ3n) is 3.69. The van der Waals surface area contributed by atoms with E-state index in [9.17, 15) is 4.79 Å². The monoisotopic (exact) mass is 282 g/mol. The average Bonchev–Trinajstić information content (AvgIpc) is 2.39. The summed E-state index contributed by atoms with van der Waals surface area (Å²) in [5.74, 6) is 0.776. The first-order valence-electron chi connectivity index (χ1n) is 6.71.